The molecule has 0 aromatic heterocycles. The zero-order valence-electron chi connectivity index (χ0n) is 16.3. The second-order valence-corrected chi connectivity index (χ2v) is 7.32. The summed E-state index contributed by atoms with van der Waals surface area (Å²) in [4.78, 5) is 12.9. The number of hydrogen-bond acceptors (Lipinski definition) is 11. The van der Waals surface area contributed by atoms with Crippen molar-refractivity contribution in [3.8, 4) is 28.7 Å². The first-order chi connectivity index (χ1) is 15.2. The summed E-state index contributed by atoms with van der Waals surface area (Å²) in [6.07, 6.45) is -6.51. The molecule has 4 rings (SSSR count). The molecule has 2 aromatic carbocycles. The van der Waals surface area contributed by atoms with Crippen molar-refractivity contribution in [1.29, 1.82) is 0 Å². The van der Waals surface area contributed by atoms with Gasteiger partial charge in [-0.05, 0) is 23.8 Å². The van der Waals surface area contributed by atoms with Gasteiger partial charge in [0, 0.05) is 12.1 Å². The molecular formula is C21H20O11. The summed E-state index contributed by atoms with van der Waals surface area (Å²) in [7, 11) is 0. The van der Waals surface area contributed by atoms with Crippen LogP contribution in [0, 0.1) is 0 Å². The Bertz CT molecular complexity index is 1080. The van der Waals surface area contributed by atoms with Gasteiger partial charge in [0.1, 0.15) is 47.2 Å². The van der Waals surface area contributed by atoms with Crippen molar-refractivity contribution in [3.05, 3.63) is 47.2 Å². The second-order valence-electron chi connectivity index (χ2n) is 7.32. The molecule has 0 aliphatic carbocycles. The average molecular weight is 448 g/mol. The van der Waals surface area contributed by atoms with Crippen LogP contribution >= 0.6 is 0 Å². The Morgan fingerprint density at radius 3 is 2.41 bits per heavy atom. The molecule has 11 nitrogen and oxygen atoms in total. The van der Waals surface area contributed by atoms with Crippen LogP contribution in [0.3, 0.4) is 0 Å². The first-order valence-corrected chi connectivity index (χ1v) is 9.50. The van der Waals surface area contributed by atoms with Gasteiger partial charge in [-0.3, -0.25) is 4.79 Å². The zero-order chi connectivity index (χ0) is 23.2. The molecule has 32 heavy (non-hydrogen) atoms. The maximum Gasteiger partial charge on any atom is 0.235 e. The molecule has 2 heterocycles. The van der Waals surface area contributed by atoms with Crippen molar-refractivity contribution >= 4 is 11.9 Å². The van der Waals surface area contributed by atoms with Gasteiger partial charge in [-0.15, -0.1) is 0 Å². The van der Waals surface area contributed by atoms with Crippen molar-refractivity contribution in [2.45, 2.75) is 30.7 Å². The minimum absolute atomic E-state index is 0.0520. The Labute approximate surface area is 180 Å². The van der Waals surface area contributed by atoms with E-state index < -0.39 is 48.8 Å². The molecule has 2 aromatic rings. The highest BCUT2D eigenvalue weighted by Gasteiger charge is 2.45. The Balaban J connectivity index is 1.65. The summed E-state index contributed by atoms with van der Waals surface area (Å²) < 4.78 is 16.3. The van der Waals surface area contributed by atoms with Gasteiger partial charge in [0.05, 0.1) is 6.61 Å². The van der Waals surface area contributed by atoms with Gasteiger partial charge in [0.25, 0.3) is 0 Å². The minimum Gasteiger partial charge on any atom is -0.508 e. The summed E-state index contributed by atoms with van der Waals surface area (Å²) >= 11 is 0. The van der Waals surface area contributed by atoms with Crippen LogP contribution in [0.15, 0.2) is 36.1 Å². The lowest BCUT2D eigenvalue weighted by atomic mass is 9.99. The highest BCUT2D eigenvalue weighted by atomic mass is 16.7. The highest BCUT2D eigenvalue weighted by Crippen LogP contribution is 2.42. The summed E-state index contributed by atoms with van der Waals surface area (Å²) in [5.41, 5.74) is 0.242. The first kappa shape index (κ1) is 21.9. The Kier molecular flexibility index (Phi) is 5.67. The molecule has 1 fully saturated rings. The molecule has 11 heteroatoms. The monoisotopic (exact) mass is 448 g/mol. The number of carbonyl (C=O) groups excluding carboxylic acids is 1. The number of Topliss-reactive ketones (excluding diaryl/α,β-unsaturated/α-hetero) is 1. The predicted octanol–water partition coefficient (Wildman–Crippen LogP) is -0.402. The van der Waals surface area contributed by atoms with Gasteiger partial charge in [-0.2, -0.15) is 0 Å². The van der Waals surface area contributed by atoms with Crippen LogP contribution in [0.4, 0.5) is 0 Å². The number of allylic oxidation sites excluding steroid dienone is 1. The maximum atomic E-state index is 12.9. The summed E-state index contributed by atoms with van der Waals surface area (Å²) in [6, 6.07) is 6.13. The number of fused-ring (bicyclic) bond motifs is 1. The largest absolute Gasteiger partial charge is 0.508 e. The quantitative estimate of drug-likeness (QED) is 0.238. The molecule has 2 aliphatic rings. The highest BCUT2D eigenvalue weighted by molar-refractivity contribution is 6.16. The Hall–Kier alpha value is -3.35. The minimum atomic E-state index is -1.72. The molecule has 0 amide bonds. The Morgan fingerprint density at radius 1 is 0.969 bits per heavy atom. The number of benzene rings is 2. The number of carbonyl (C=O) groups is 1. The third-order valence-electron chi connectivity index (χ3n) is 5.11. The van der Waals surface area contributed by atoms with E-state index in [-0.39, 0.29) is 34.3 Å². The molecule has 5 atom stereocenters. The molecule has 0 unspecified atom stereocenters. The van der Waals surface area contributed by atoms with E-state index in [1.807, 2.05) is 0 Å². The number of phenols is 3. The fourth-order valence-corrected chi connectivity index (χ4v) is 3.43. The van der Waals surface area contributed by atoms with Crippen LogP contribution in [0.5, 0.6) is 28.7 Å². The average Bonchev–Trinajstić information content (AvgIpc) is 3.06. The number of hydrogen-bond donors (Lipinski definition) is 7. The maximum absolute atomic E-state index is 12.9. The van der Waals surface area contributed by atoms with E-state index in [0.717, 1.165) is 6.07 Å². The fourth-order valence-electron chi connectivity index (χ4n) is 3.43. The van der Waals surface area contributed by atoms with Gasteiger partial charge in [0.2, 0.25) is 12.1 Å². The molecule has 0 saturated carbocycles. The second kappa shape index (κ2) is 8.30. The van der Waals surface area contributed by atoms with E-state index in [1.54, 1.807) is 0 Å². The Morgan fingerprint density at radius 2 is 1.72 bits per heavy atom. The SMILES string of the molecule is O=C1C(=Cc2ccc(O)c(O)c2)Oc2cc(O)cc(O[C@@H]3O[C@H](CO)[C@@H](O)[C@H](O)[C@H]3O)c21. The number of ether oxygens (including phenoxy) is 3. The molecule has 2 aliphatic heterocycles. The van der Waals surface area contributed by atoms with E-state index in [0.29, 0.717) is 5.56 Å². The van der Waals surface area contributed by atoms with Gasteiger partial charge < -0.3 is 50.0 Å². The molecule has 1 saturated heterocycles. The topological polar surface area (TPSA) is 186 Å². The van der Waals surface area contributed by atoms with E-state index in [9.17, 15) is 40.5 Å². The van der Waals surface area contributed by atoms with Crippen LogP contribution in [-0.4, -0.2) is 78.8 Å². The number of aromatic hydroxyl groups is 3. The molecular weight excluding hydrogens is 428 g/mol. The number of aliphatic hydroxyl groups is 4. The normalized spacial score (nSPS) is 28.4. The molecule has 170 valence electrons. The number of phenolic OH excluding ortho intramolecular Hbond substituents is 3. The zero-order valence-corrected chi connectivity index (χ0v) is 16.3. The van der Waals surface area contributed by atoms with Gasteiger partial charge in [-0.25, -0.2) is 0 Å². The van der Waals surface area contributed by atoms with E-state index in [4.69, 9.17) is 14.2 Å². The van der Waals surface area contributed by atoms with Crippen molar-refractivity contribution < 1.29 is 54.8 Å². The van der Waals surface area contributed by atoms with E-state index in [1.165, 1.54) is 30.3 Å². The van der Waals surface area contributed by atoms with Crippen molar-refractivity contribution in [3.63, 3.8) is 0 Å². The van der Waals surface area contributed by atoms with Crippen LogP contribution in [0.1, 0.15) is 15.9 Å². The third kappa shape index (κ3) is 3.83. The third-order valence-corrected chi connectivity index (χ3v) is 5.11. The van der Waals surface area contributed by atoms with Crippen molar-refractivity contribution in [2.75, 3.05) is 6.61 Å². The van der Waals surface area contributed by atoms with Gasteiger partial charge in [0.15, 0.2) is 17.3 Å². The standard InChI is InChI=1S/C21H20O11/c22-7-15-18(27)19(28)20(29)21(32-15)31-13-6-9(23)5-12-16(13)17(26)14(30-12)4-8-1-2-10(24)11(25)3-8/h1-6,15,18-25,27-29H,7H2/t15-,18-,19+,20-,21-/m1/s1. The summed E-state index contributed by atoms with van der Waals surface area (Å²) in [6.45, 7) is -0.669. The van der Waals surface area contributed by atoms with Crippen LogP contribution in [0.25, 0.3) is 6.08 Å². The van der Waals surface area contributed by atoms with Crippen LogP contribution < -0.4 is 9.47 Å². The number of ketones is 1. The van der Waals surface area contributed by atoms with Crippen molar-refractivity contribution in [2.24, 2.45) is 0 Å². The van der Waals surface area contributed by atoms with Gasteiger partial charge >= 0.3 is 0 Å². The van der Waals surface area contributed by atoms with Crippen LogP contribution in [-0.2, 0) is 4.74 Å². The van der Waals surface area contributed by atoms with E-state index in [2.05, 4.69) is 0 Å². The smallest absolute Gasteiger partial charge is 0.235 e. The molecule has 0 radical (unpaired) electrons. The lowest BCUT2D eigenvalue weighted by Gasteiger charge is -2.39. The lowest BCUT2D eigenvalue weighted by molar-refractivity contribution is -0.277. The van der Waals surface area contributed by atoms with Crippen LogP contribution in [0.2, 0.25) is 0 Å². The first-order valence-electron chi connectivity index (χ1n) is 9.50. The fraction of sp³-hybridized carbons (Fsp3) is 0.286. The molecule has 0 spiro atoms. The summed E-state index contributed by atoms with van der Waals surface area (Å²) in [5, 5.41) is 68.4. The number of aliphatic hydroxyl groups excluding tert-OH is 4. The summed E-state index contributed by atoms with van der Waals surface area (Å²) in [5.74, 6) is -2.17. The lowest BCUT2D eigenvalue weighted by Crippen LogP contribution is -2.60. The molecule has 0 bridgehead atoms. The van der Waals surface area contributed by atoms with Crippen molar-refractivity contribution in [1.82, 2.24) is 0 Å². The number of rotatable bonds is 4. The van der Waals surface area contributed by atoms with Gasteiger partial charge in [-0.1, -0.05) is 6.07 Å². The molecule has 7 N–H and O–H groups in total. The predicted molar refractivity (Wildman–Crippen MR) is 105 cm³/mol. The van der Waals surface area contributed by atoms with E-state index >= 15 is 0 Å².